The van der Waals surface area contributed by atoms with Gasteiger partial charge in [-0.3, -0.25) is 14.8 Å². The number of aryl methyl sites for hydroxylation is 1. The van der Waals surface area contributed by atoms with E-state index in [1.54, 1.807) is 17.8 Å². The summed E-state index contributed by atoms with van der Waals surface area (Å²) in [5.41, 5.74) is 0.435. The number of nitrogens with zero attached hydrogens (tertiary/aromatic N) is 5. The highest BCUT2D eigenvalue weighted by atomic mass is 16.6. The third kappa shape index (κ3) is 2.66. The Morgan fingerprint density at radius 1 is 1.58 bits per heavy atom. The van der Waals surface area contributed by atoms with E-state index in [0.29, 0.717) is 12.2 Å². The summed E-state index contributed by atoms with van der Waals surface area (Å²) in [5.74, 6) is 0.719. The van der Waals surface area contributed by atoms with E-state index in [-0.39, 0.29) is 11.3 Å². The fourth-order valence-corrected chi connectivity index (χ4v) is 1.56. The normalized spacial score (nSPS) is 9.89. The van der Waals surface area contributed by atoms with E-state index in [1.807, 2.05) is 6.07 Å². The molecule has 0 atom stereocenters. The predicted octanol–water partition coefficient (Wildman–Crippen LogP) is 1.21. The van der Waals surface area contributed by atoms with Gasteiger partial charge in [-0.05, 0) is 12.1 Å². The fraction of sp³-hybridized carbons (Fsp3) is 0.182. The summed E-state index contributed by atoms with van der Waals surface area (Å²) >= 11 is 0. The van der Waals surface area contributed by atoms with Gasteiger partial charge in [-0.15, -0.1) is 0 Å². The van der Waals surface area contributed by atoms with Gasteiger partial charge in [-0.1, -0.05) is 0 Å². The van der Waals surface area contributed by atoms with Crippen molar-refractivity contribution in [1.29, 1.82) is 5.26 Å². The molecule has 1 aromatic heterocycles. The van der Waals surface area contributed by atoms with Crippen LogP contribution in [-0.2, 0) is 13.6 Å². The molecule has 8 heteroatoms. The summed E-state index contributed by atoms with van der Waals surface area (Å²) < 4.78 is 1.61. The van der Waals surface area contributed by atoms with E-state index in [2.05, 4.69) is 15.4 Å². The van der Waals surface area contributed by atoms with Crippen molar-refractivity contribution in [2.24, 2.45) is 7.05 Å². The lowest BCUT2D eigenvalue weighted by Crippen LogP contribution is -2.07. The molecule has 0 aliphatic carbocycles. The van der Waals surface area contributed by atoms with Crippen LogP contribution in [0.25, 0.3) is 0 Å². The van der Waals surface area contributed by atoms with Gasteiger partial charge < -0.3 is 5.32 Å². The topological polar surface area (TPSA) is 110 Å². The largest absolute Gasteiger partial charge is 0.378 e. The molecule has 0 bridgehead atoms. The lowest BCUT2D eigenvalue weighted by atomic mass is 10.2. The molecule has 0 saturated carbocycles. The van der Waals surface area contributed by atoms with Crippen LogP contribution in [0.5, 0.6) is 0 Å². The first-order chi connectivity index (χ1) is 9.11. The van der Waals surface area contributed by atoms with Crippen molar-refractivity contribution in [2.45, 2.75) is 6.54 Å². The molecule has 0 aliphatic rings. The first-order valence-electron chi connectivity index (χ1n) is 5.37. The van der Waals surface area contributed by atoms with Crippen LogP contribution < -0.4 is 5.32 Å². The van der Waals surface area contributed by atoms with Crippen LogP contribution in [-0.4, -0.2) is 19.7 Å². The first-order valence-corrected chi connectivity index (χ1v) is 5.37. The van der Waals surface area contributed by atoms with E-state index in [0.717, 1.165) is 5.82 Å². The van der Waals surface area contributed by atoms with Crippen LogP contribution in [0, 0.1) is 21.4 Å². The Bertz CT molecular complexity index is 657. The summed E-state index contributed by atoms with van der Waals surface area (Å²) in [4.78, 5) is 14.2. The highest BCUT2D eigenvalue weighted by Gasteiger charge is 2.13. The van der Waals surface area contributed by atoms with E-state index in [1.165, 1.54) is 18.5 Å². The predicted molar refractivity (Wildman–Crippen MR) is 66.1 cm³/mol. The number of hydrogen-bond acceptors (Lipinski definition) is 6. The summed E-state index contributed by atoms with van der Waals surface area (Å²) in [6.45, 7) is 0.416. The molecule has 1 aromatic carbocycles. The summed E-state index contributed by atoms with van der Waals surface area (Å²) in [6, 6.07) is 6.10. The van der Waals surface area contributed by atoms with Gasteiger partial charge in [0.05, 0.1) is 11.5 Å². The van der Waals surface area contributed by atoms with Crippen LogP contribution >= 0.6 is 0 Å². The van der Waals surface area contributed by atoms with Crippen LogP contribution in [0.15, 0.2) is 24.5 Å². The van der Waals surface area contributed by atoms with Crippen LogP contribution in [0.3, 0.4) is 0 Å². The quantitative estimate of drug-likeness (QED) is 0.651. The smallest absolute Gasteiger partial charge is 0.287 e. The highest BCUT2D eigenvalue weighted by Crippen LogP contribution is 2.21. The third-order valence-electron chi connectivity index (χ3n) is 2.57. The molecule has 2 aromatic rings. The molecule has 0 fully saturated rings. The zero-order chi connectivity index (χ0) is 13.8. The molecule has 0 radical (unpaired) electrons. The van der Waals surface area contributed by atoms with Crippen molar-refractivity contribution < 1.29 is 4.92 Å². The number of nitrogens with one attached hydrogen (secondary N) is 1. The molecule has 19 heavy (non-hydrogen) atoms. The Balaban J connectivity index is 2.16. The van der Waals surface area contributed by atoms with Crippen molar-refractivity contribution in [3.05, 3.63) is 46.0 Å². The minimum Gasteiger partial charge on any atom is -0.378 e. The number of nitriles is 1. The fourth-order valence-electron chi connectivity index (χ4n) is 1.56. The molecule has 8 nitrogen and oxygen atoms in total. The van der Waals surface area contributed by atoms with Gasteiger partial charge in [0, 0.05) is 18.8 Å². The summed E-state index contributed by atoms with van der Waals surface area (Å²) in [5, 5.41) is 26.5. The average molecular weight is 258 g/mol. The van der Waals surface area contributed by atoms with E-state index in [4.69, 9.17) is 5.26 Å². The molecule has 0 spiro atoms. The minimum atomic E-state index is -0.578. The van der Waals surface area contributed by atoms with Crippen molar-refractivity contribution in [2.75, 3.05) is 5.32 Å². The van der Waals surface area contributed by atoms with Crippen molar-refractivity contribution in [3.8, 4) is 6.07 Å². The molecule has 0 unspecified atom stereocenters. The second-order valence-corrected chi connectivity index (χ2v) is 3.75. The van der Waals surface area contributed by atoms with Gasteiger partial charge in [0.1, 0.15) is 23.8 Å². The SMILES string of the molecule is Cn1ncnc1CNc1ccc([N+](=O)[O-])c(C#N)c1. The van der Waals surface area contributed by atoms with Gasteiger partial charge >= 0.3 is 0 Å². The molecular weight excluding hydrogens is 248 g/mol. The second kappa shape index (κ2) is 5.14. The molecule has 1 heterocycles. The molecule has 2 rings (SSSR count). The Hall–Kier alpha value is -2.95. The van der Waals surface area contributed by atoms with Gasteiger partial charge in [-0.25, -0.2) is 4.98 Å². The number of benzene rings is 1. The molecule has 96 valence electrons. The maximum absolute atomic E-state index is 10.7. The zero-order valence-corrected chi connectivity index (χ0v) is 10.1. The van der Waals surface area contributed by atoms with Crippen LogP contribution in [0.2, 0.25) is 0 Å². The van der Waals surface area contributed by atoms with Crippen molar-refractivity contribution in [3.63, 3.8) is 0 Å². The van der Waals surface area contributed by atoms with E-state index in [9.17, 15) is 10.1 Å². The van der Waals surface area contributed by atoms with Gasteiger partial charge in [0.15, 0.2) is 0 Å². The van der Waals surface area contributed by atoms with Crippen LogP contribution in [0.1, 0.15) is 11.4 Å². The number of hydrogen-bond donors (Lipinski definition) is 1. The minimum absolute atomic E-state index is 0.0213. The number of aromatic nitrogens is 3. The molecule has 0 aliphatic heterocycles. The Labute approximate surface area is 108 Å². The molecule has 0 amide bonds. The van der Waals surface area contributed by atoms with E-state index < -0.39 is 4.92 Å². The third-order valence-corrected chi connectivity index (χ3v) is 2.57. The molecule has 0 saturated heterocycles. The number of anilines is 1. The van der Waals surface area contributed by atoms with Gasteiger partial charge in [0.25, 0.3) is 5.69 Å². The molecular formula is C11H10N6O2. The van der Waals surface area contributed by atoms with Gasteiger partial charge in [0.2, 0.25) is 0 Å². The van der Waals surface area contributed by atoms with Crippen molar-refractivity contribution in [1.82, 2.24) is 14.8 Å². The number of rotatable bonds is 4. The van der Waals surface area contributed by atoms with Crippen LogP contribution in [0.4, 0.5) is 11.4 Å². The lowest BCUT2D eigenvalue weighted by molar-refractivity contribution is -0.385. The lowest BCUT2D eigenvalue weighted by Gasteiger charge is -2.06. The first kappa shape index (κ1) is 12.5. The highest BCUT2D eigenvalue weighted by molar-refractivity contribution is 5.58. The van der Waals surface area contributed by atoms with E-state index >= 15 is 0 Å². The summed E-state index contributed by atoms with van der Waals surface area (Å²) in [6.07, 6.45) is 1.44. The zero-order valence-electron chi connectivity index (χ0n) is 10.1. The average Bonchev–Trinajstić information content (AvgIpc) is 2.81. The molecule has 1 N–H and O–H groups in total. The Morgan fingerprint density at radius 2 is 2.37 bits per heavy atom. The van der Waals surface area contributed by atoms with Crippen molar-refractivity contribution >= 4 is 11.4 Å². The maximum atomic E-state index is 10.7. The standard InChI is InChI=1S/C11H10N6O2/c1-16-11(14-7-15-16)6-13-9-2-3-10(17(18)19)8(4-9)5-12/h2-4,7,13H,6H2,1H3. The Morgan fingerprint density at radius 3 is 2.95 bits per heavy atom. The Kier molecular flexibility index (Phi) is 3.38. The summed E-state index contributed by atoms with van der Waals surface area (Å²) in [7, 11) is 1.76. The monoisotopic (exact) mass is 258 g/mol. The number of nitro benzene ring substituents is 1. The second-order valence-electron chi connectivity index (χ2n) is 3.75. The van der Waals surface area contributed by atoms with Gasteiger partial charge in [-0.2, -0.15) is 10.4 Å². The number of nitro groups is 1. The maximum Gasteiger partial charge on any atom is 0.287 e.